The topological polar surface area (TPSA) is 38.3 Å². The highest BCUT2D eigenvalue weighted by Crippen LogP contribution is 2.43. The van der Waals surface area contributed by atoms with Gasteiger partial charge in [0.05, 0.1) is 6.04 Å². The molecule has 0 aromatic heterocycles. The van der Waals surface area contributed by atoms with Gasteiger partial charge in [-0.2, -0.15) is 0 Å². The zero-order chi connectivity index (χ0) is 19.1. The van der Waals surface area contributed by atoms with Crippen molar-refractivity contribution in [2.24, 2.45) is 0 Å². The fraction of sp³-hybridized carbons (Fsp3) is 0.458. The molecule has 1 N–H and O–H groups in total. The van der Waals surface area contributed by atoms with Crippen molar-refractivity contribution in [2.75, 3.05) is 7.05 Å². The number of ketones is 1. The van der Waals surface area contributed by atoms with Gasteiger partial charge in [-0.05, 0) is 55.0 Å². The Hall–Kier alpha value is -2.13. The van der Waals surface area contributed by atoms with Crippen LogP contribution in [0.2, 0.25) is 0 Å². The number of unbranched alkanes of at least 4 members (excludes halogenated alkanes) is 1. The third kappa shape index (κ3) is 4.78. The molecule has 0 radical (unpaired) electrons. The number of ether oxygens (including phenoxy) is 1. The van der Waals surface area contributed by atoms with Crippen LogP contribution in [0.3, 0.4) is 0 Å². The average Bonchev–Trinajstić information content (AvgIpc) is 2.73. The second-order valence-electron chi connectivity index (χ2n) is 7.70. The molecule has 1 fully saturated rings. The number of Topliss-reactive ketones (excluding diaryl/α,β-unsaturated/α-hetero) is 1. The smallest absolute Gasteiger partial charge is 0.149 e. The van der Waals surface area contributed by atoms with Gasteiger partial charge >= 0.3 is 0 Å². The lowest BCUT2D eigenvalue weighted by Crippen LogP contribution is -2.46. The standard InChI is InChI=1S/C24H31NO2/c1-3-4-14-24(15-13-23(26)22(17-24)25-2)20-11-8-12-21(16-20)27-18-19-9-6-5-7-10-19/h5-12,16,22,25H,3-4,13-15,17-18H2,1-2H3. The van der Waals surface area contributed by atoms with Crippen LogP contribution >= 0.6 is 0 Å². The molecular weight excluding hydrogens is 334 g/mol. The monoisotopic (exact) mass is 365 g/mol. The Kier molecular flexibility index (Phi) is 6.68. The molecule has 0 saturated heterocycles. The Morgan fingerprint density at radius 1 is 1.15 bits per heavy atom. The molecule has 0 bridgehead atoms. The fourth-order valence-electron chi connectivity index (χ4n) is 4.21. The summed E-state index contributed by atoms with van der Waals surface area (Å²) in [5.41, 5.74) is 2.54. The number of likely N-dealkylation sites (N-methyl/N-ethyl adjacent to an activating group) is 1. The molecule has 3 rings (SSSR count). The zero-order valence-corrected chi connectivity index (χ0v) is 16.5. The van der Waals surface area contributed by atoms with Gasteiger partial charge in [-0.3, -0.25) is 4.79 Å². The van der Waals surface area contributed by atoms with Gasteiger partial charge in [0.1, 0.15) is 18.1 Å². The van der Waals surface area contributed by atoms with Gasteiger partial charge < -0.3 is 10.1 Å². The quantitative estimate of drug-likeness (QED) is 0.713. The Morgan fingerprint density at radius 3 is 2.70 bits per heavy atom. The summed E-state index contributed by atoms with van der Waals surface area (Å²) < 4.78 is 6.06. The van der Waals surface area contributed by atoms with E-state index in [2.05, 4.69) is 42.6 Å². The second kappa shape index (κ2) is 9.18. The molecule has 2 aromatic carbocycles. The van der Waals surface area contributed by atoms with Crippen LogP contribution in [0.25, 0.3) is 0 Å². The molecule has 3 heteroatoms. The lowest BCUT2D eigenvalue weighted by molar-refractivity contribution is -0.123. The molecule has 0 spiro atoms. The van der Waals surface area contributed by atoms with Crippen LogP contribution in [0, 0.1) is 0 Å². The highest BCUT2D eigenvalue weighted by Gasteiger charge is 2.40. The number of hydrogen-bond acceptors (Lipinski definition) is 3. The molecule has 1 saturated carbocycles. The molecule has 27 heavy (non-hydrogen) atoms. The van der Waals surface area contributed by atoms with E-state index in [1.807, 2.05) is 31.3 Å². The van der Waals surface area contributed by atoms with Gasteiger partial charge in [-0.15, -0.1) is 0 Å². The van der Waals surface area contributed by atoms with E-state index in [1.54, 1.807) is 0 Å². The first-order valence-corrected chi connectivity index (χ1v) is 10.1. The molecule has 0 aliphatic heterocycles. The van der Waals surface area contributed by atoms with Crippen molar-refractivity contribution < 1.29 is 9.53 Å². The van der Waals surface area contributed by atoms with Gasteiger partial charge in [0.25, 0.3) is 0 Å². The van der Waals surface area contributed by atoms with Crippen LogP contribution in [-0.4, -0.2) is 18.9 Å². The van der Waals surface area contributed by atoms with Crippen molar-refractivity contribution in [3.8, 4) is 5.75 Å². The van der Waals surface area contributed by atoms with Crippen molar-refractivity contribution in [2.45, 2.75) is 63.5 Å². The first-order valence-electron chi connectivity index (χ1n) is 10.1. The summed E-state index contributed by atoms with van der Waals surface area (Å²) in [6.07, 6.45) is 5.95. The van der Waals surface area contributed by atoms with Crippen LogP contribution in [0.1, 0.15) is 56.6 Å². The predicted molar refractivity (Wildman–Crippen MR) is 110 cm³/mol. The molecule has 2 aromatic rings. The van der Waals surface area contributed by atoms with Crippen molar-refractivity contribution >= 4 is 5.78 Å². The number of benzene rings is 2. The van der Waals surface area contributed by atoms with Crippen molar-refractivity contribution in [1.82, 2.24) is 5.32 Å². The third-order valence-electron chi connectivity index (χ3n) is 5.89. The summed E-state index contributed by atoms with van der Waals surface area (Å²) in [5.74, 6) is 1.26. The molecule has 0 heterocycles. The van der Waals surface area contributed by atoms with E-state index in [9.17, 15) is 4.79 Å². The van der Waals surface area contributed by atoms with Crippen molar-refractivity contribution in [3.05, 3.63) is 65.7 Å². The summed E-state index contributed by atoms with van der Waals surface area (Å²) in [4.78, 5) is 12.3. The summed E-state index contributed by atoms with van der Waals surface area (Å²) in [6.45, 7) is 2.81. The molecule has 3 nitrogen and oxygen atoms in total. The van der Waals surface area contributed by atoms with E-state index in [0.29, 0.717) is 18.8 Å². The van der Waals surface area contributed by atoms with E-state index in [-0.39, 0.29) is 11.5 Å². The number of carbonyl (C=O) groups excluding carboxylic acids is 1. The van der Waals surface area contributed by atoms with Gasteiger partial charge in [0.15, 0.2) is 0 Å². The average molecular weight is 366 g/mol. The lowest BCUT2D eigenvalue weighted by Gasteiger charge is -2.41. The van der Waals surface area contributed by atoms with Crippen LogP contribution in [0.5, 0.6) is 5.75 Å². The SMILES string of the molecule is CCCCC1(c2cccc(OCc3ccccc3)c2)CCC(=O)C(NC)C1. The molecule has 0 amide bonds. The highest BCUT2D eigenvalue weighted by molar-refractivity contribution is 5.85. The zero-order valence-electron chi connectivity index (χ0n) is 16.5. The Morgan fingerprint density at radius 2 is 1.96 bits per heavy atom. The first kappa shape index (κ1) is 19.6. The van der Waals surface area contributed by atoms with E-state index in [0.717, 1.165) is 25.0 Å². The molecule has 1 aliphatic rings. The van der Waals surface area contributed by atoms with Crippen LogP contribution < -0.4 is 10.1 Å². The normalized spacial score (nSPS) is 22.6. The third-order valence-corrected chi connectivity index (χ3v) is 5.89. The molecule has 144 valence electrons. The predicted octanol–water partition coefficient (Wildman–Crippen LogP) is 5.03. The van der Waals surface area contributed by atoms with E-state index >= 15 is 0 Å². The largest absolute Gasteiger partial charge is 0.489 e. The first-order chi connectivity index (χ1) is 13.2. The molecule has 2 unspecified atom stereocenters. The molecule has 1 aliphatic carbocycles. The second-order valence-corrected chi connectivity index (χ2v) is 7.70. The maximum absolute atomic E-state index is 12.3. The summed E-state index contributed by atoms with van der Waals surface area (Å²) in [5, 5.41) is 3.24. The minimum atomic E-state index is -0.0375. The fourth-order valence-corrected chi connectivity index (χ4v) is 4.21. The molecular formula is C24H31NO2. The van der Waals surface area contributed by atoms with Gasteiger partial charge in [-0.1, -0.05) is 62.2 Å². The van der Waals surface area contributed by atoms with E-state index < -0.39 is 0 Å². The Balaban J connectivity index is 1.81. The van der Waals surface area contributed by atoms with Gasteiger partial charge in [0.2, 0.25) is 0 Å². The number of rotatable bonds is 8. The van der Waals surface area contributed by atoms with Gasteiger partial charge in [0, 0.05) is 6.42 Å². The van der Waals surface area contributed by atoms with Crippen molar-refractivity contribution in [3.63, 3.8) is 0 Å². The van der Waals surface area contributed by atoms with Crippen LogP contribution in [-0.2, 0) is 16.8 Å². The summed E-state index contributed by atoms with van der Waals surface area (Å²) in [6, 6.07) is 18.7. The summed E-state index contributed by atoms with van der Waals surface area (Å²) >= 11 is 0. The van der Waals surface area contributed by atoms with Crippen molar-refractivity contribution in [1.29, 1.82) is 0 Å². The highest BCUT2D eigenvalue weighted by atomic mass is 16.5. The Bertz CT molecular complexity index is 743. The minimum absolute atomic E-state index is 0.0375. The van der Waals surface area contributed by atoms with Crippen LogP contribution in [0.4, 0.5) is 0 Å². The summed E-state index contributed by atoms with van der Waals surface area (Å²) in [7, 11) is 1.90. The van der Waals surface area contributed by atoms with Crippen LogP contribution in [0.15, 0.2) is 54.6 Å². The number of hydrogen-bond donors (Lipinski definition) is 1. The maximum atomic E-state index is 12.3. The lowest BCUT2D eigenvalue weighted by atomic mass is 9.65. The van der Waals surface area contributed by atoms with Gasteiger partial charge in [-0.25, -0.2) is 0 Å². The maximum Gasteiger partial charge on any atom is 0.149 e. The van der Waals surface area contributed by atoms with E-state index in [1.165, 1.54) is 24.0 Å². The minimum Gasteiger partial charge on any atom is -0.489 e. The Labute approximate surface area is 163 Å². The van der Waals surface area contributed by atoms with E-state index in [4.69, 9.17) is 4.74 Å². The number of nitrogens with one attached hydrogen (secondary N) is 1. The number of carbonyl (C=O) groups is 1. The molecule has 2 atom stereocenters.